The summed E-state index contributed by atoms with van der Waals surface area (Å²) in [5, 5.41) is 24.6. The Hall–Kier alpha value is -3.62. The van der Waals surface area contributed by atoms with E-state index < -0.39 is 12.2 Å². The maximum atomic E-state index is 15.0. The zero-order valence-corrected chi connectivity index (χ0v) is 29.0. The second-order valence-corrected chi connectivity index (χ2v) is 14.7. The number of primary amides is 1. The molecule has 1 aromatic carbocycles. The molecule has 0 radical (unpaired) electrons. The second-order valence-electron chi connectivity index (χ2n) is 14.7. The van der Waals surface area contributed by atoms with Gasteiger partial charge in [0.25, 0.3) is 0 Å². The maximum absolute atomic E-state index is 15.0. The van der Waals surface area contributed by atoms with Crippen molar-refractivity contribution in [2.24, 2.45) is 34.8 Å². The van der Waals surface area contributed by atoms with Crippen molar-refractivity contribution < 1.29 is 27.9 Å². The van der Waals surface area contributed by atoms with Gasteiger partial charge >= 0.3 is 6.18 Å². The fourth-order valence-corrected chi connectivity index (χ4v) is 9.37. The Morgan fingerprint density at radius 3 is 2.37 bits per heavy atom. The van der Waals surface area contributed by atoms with Gasteiger partial charge in [0.1, 0.15) is 17.9 Å². The first-order chi connectivity index (χ1) is 22.6. The Balaban J connectivity index is 0.00000130. The van der Waals surface area contributed by atoms with Gasteiger partial charge in [-0.15, -0.1) is 0 Å². The standard InChI is InChI=1S/C36H45F3N4O2.CH3NO.CH4/c1-8-27(36(37,38)39)41-17-20-14-26(42(4)5)22-12-19-13-23-29-24(18(2)33(44)32(23)43(6)7)15-35(3,21-10-9-11-21)31(29)28(19)34(45)30(22)25(20)16-40;2-1-3;/h14-15,19,21,23,27,29,32,41,44H,8-13,17H2,1-7H3;1H,(H2,2,3);1H4. The third-order valence-corrected chi connectivity index (χ3v) is 11.7. The van der Waals surface area contributed by atoms with Crippen LogP contribution in [0.25, 0.3) is 0 Å². The van der Waals surface area contributed by atoms with Gasteiger partial charge in [-0.1, -0.05) is 33.8 Å². The highest BCUT2D eigenvalue weighted by molar-refractivity contribution is 6.14. The quantitative estimate of drug-likeness (QED) is 0.277. The molecule has 0 bridgehead atoms. The van der Waals surface area contributed by atoms with E-state index in [9.17, 15) is 23.5 Å². The largest absolute Gasteiger partial charge is 0.510 e. The number of nitrogens with two attached hydrogens (primary N) is 1. The third kappa shape index (κ3) is 6.09. The molecule has 5 aliphatic carbocycles. The molecule has 6 rings (SSSR count). The molecular formula is C38H52F3N5O3. The van der Waals surface area contributed by atoms with Gasteiger partial charge in [-0.2, -0.15) is 18.4 Å². The lowest BCUT2D eigenvalue weighted by molar-refractivity contribution is -0.156. The maximum Gasteiger partial charge on any atom is 0.403 e. The van der Waals surface area contributed by atoms with Crippen LogP contribution in [0.1, 0.15) is 87.4 Å². The van der Waals surface area contributed by atoms with Crippen molar-refractivity contribution >= 4 is 17.9 Å². The number of nitrogens with one attached hydrogen (secondary N) is 1. The summed E-state index contributed by atoms with van der Waals surface area (Å²) >= 11 is 0. The van der Waals surface area contributed by atoms with E-state index in [1.807, 2.05) is 40.0 Å². The Morgan fingerprint density at radius 2 is 1.88 bits per heavy atom. The van der Waals surface area contributed by atoms with Crippen molar-refractivity contribution in [3.8, 4) is 6.07 Å². The molecule has 0 spiro atoms. The van der Waals surface area contributed by atoms with Gasteiger partial charge in [-0.05, 0) is 105 Å². The molecular weight excluding hydrogens is 631 g/mol. The van der Waals surface area contributed by atoms with Crippen molar-refractivity contribution in [2.45, 2.75) is 91.5 Å². The number of fused-ring (bicyclic) bond motifs is 2. The summed E-state index contributed by atoms with van der Waals surface area (Å²) in [6, 6.07) is 2.17. The van der Waals surface area contributed by atoms with Crippen LogP contribution in [-0.4, -0.2) is 68.7 Å². The molecule has 6 unspecified atom stereocenters. The summed E-state index contributed by atoms with van der Waals surface area (Å²) in [4.78, 5) is 27.6. The number of Topliss-reactive ketones (excluding diaryl/α,β-unsaturated/α-hetero) is 1. The van der Waals surface area contributed by atoms with E-state index in [0.717, 1.165) is 53.7 Å². The lowest BCUT2D eigenvalue weighted by atomic mass is 9.54. The van der Waals surface area contributed by atoms with Crippen LogP contribution in [0.5, 0.6) is 0 Å². The highest BCUT2D eigenvalue weighted by atomic mass is 19.4. The zero-order chi connectivity index (χ0) is 35.5. The van der Waals surface area contributed by atoms with Crippen molar-refractivity contribution in [1.29, 1.82) is 5.26 Å². The average molecular weight is 684 g/mol. The molecule has 1 aromatic rings. The topological polar surface area (TPSA) is 123 Å². The minimum atomic E-state index is -4.42. The number of aliphatic hydroxyl groups excluding tert-OH is 1. The SMILES string of the molecule is C.CCC(NCc1cc(N(C)C)c2c(c1C#N)C(=O)C1=C3C4C(=CC3(C)C3CCC3)C(C)=C(O)C(N(C)C)C4CC1C2)C(F)(F)F.NC=O. The number of hydrogen-bond donors (Lipinski definition) is 3. The van der Waals surface area contributed by atoms with Gasteiger partial charge in [0.15, 0.2) is 5.78 Å². The van der Waals surface area contributed by atoms with Gasteiger partial charge in [0.05, 0.1) is 11.6 Å². The number of likely N-dealkylation sites (N-methyl/N-ethyl adjacent to an activating group) is 1. The summed E-state index contributed by atoms with van der Waals surface area (Å²) in [5.41, 5.74) is 10.3. The predicted octanol–water partition coefficient (Wildman–Crippen LogP) is 6.60. The number of carbonyl (C=O) groups excluding carboxylic acids is 2. The van der Waals surface area contributed by atoms with Crippen LogP contribution in [0.4, 0.5) is 18.9 Å². The number of amides is 1. The highest BCUT2D eigenvalue weighted by Crippen LogP contribution is 2.65. The number of halogens is 3. The monoisotopic (exact) mass is 683 g/mol. The van der Waals surface area contributed by atoms with Crippen molar-refractivity contribution in [3.05, 3.63) is 62.4 Å². The van der Waals surface area contributed by atoms with Gasteiger partial charge < -0.3 is 21.1 Å². The summed E-state index contributed by atoms with van der Waals surface area (Å²) < 4.78 is 40.9. The van der Waals surface area contributed by atoms with Crippen LogP contribution < -0.4 is 16.0 Å². The number of nitriles is 1. The molecule has 0 saturated heterocycles. The number of allylic oxidation sites excluding steroid dienone is 5. The number of ketones is 1. The molecule has 1 amide bonds. The number of benzene rings is 1. The number of hydrogen-bond acceptors (Lipinski definition) is 7. The minimum Gasteiger partial charge on any atom is -0.510 e. The van der Waals surface area contributed by atoms with E-state index in [2.05, 4.69) is 35.0 Å². The molecule has 0 aromatic heterocycles. The first-order valence-corrected chi connectivity index (χ1v) is 16.9. The Kier molecular flexibility index (Phi) is 10.9. The smallest absolute Gasteiger partial charge is 0.403 e. The normalized spacial score (nSPS) is 27.8. The zero-order valence-electron chi connectivity index (χ0n) is 29.0. The summed E-state index contributed by atoms with van der Waals surface area (Å²) in [6.45, 7) is 5.57. The molecule has 8 nitrogen and oxygen atoms in total. The molecule has 4 N–H and O–H groups in total. The van der Waals surface area contributed by atoms with E-state index >= 15 is 4.79 Å². The molecule has 49 heavy (non-hydrogen) atoms. The lowest BCUT2D eigenvalue weighted by Gasteiger charge is -2.51. The average Bonchev–Trinajstić information content (AvgIpc) is 3.28. The molecule has 1 fully saturated rings. The number of aliphatic hydroxyl groups is 1. The summed E-state index contributed by atoms with van der Waals surface area (Å²) in [6.07, 6.45) is 2.65. The van der Waals surface area contributed by atoms with Crippen molar-refractivity contribution in [3.63, 3.8) is 0 Å². The van der Waals surface area contributed by atoms with E-state index in [0.29, 0.717) is 29.2 Å². The highest BCUT2D eigenvalue weighted by Gasteiger charge is 2.59. The molecule has 0 heterocycles. The molecule has 5 aliphatic rings. The fourth-order valence-electron chi connectivity index (χ4n) is 9.37. The molecule has 0 aliphatic heterocycles. The first-order valence-electron chi connectivity index (χ1n) is 16.9. The molecule has 6 atom stereocenters. The number of nitrogens with zero attached hydrogens (tertiary/aromatic N) is 3. The summed E-state index contributed by atoms with van der Waals surface area (Å²) in [7, 11) is 7.75. The molecule has 268 valence electrons. The van der Waals surface area contributed by atoms with Crippen molar-refractivity contribution in [1.82, 2.24) is 10.2 Å². The van der Waals surface area contributed by atoms with Gasteiger partial charge in [-0.3, -0.25) is 14.5 Å². The van der Waals surface area contributed by atoms with E-state index in [4.69, 9.17) is 4.79 Å². The minimum absolute atomic E-state index is 0. The Bertz CT molecular complexity index is 1630. The van der Waals surface area contributed by atoms with Crippen LogP contribution in [0.2, 0.25) is 0 Å². The molecule has 11 heteroatoms. The number of anilines is 1. The van der Waals surface area contributed by atoms with E-state index in [-0.39, 0.29) is 67.4 Å². The van der Waals surface area contributed by atoms with Gasteiger partial charge in [-0.25, -0.2) is 0 Å². The Morgan fingerprint density at radius 1 is 1.24 bits per heavy atom. The number of alkyl halides is 3. The van der Waals surface area contributed by atoms with Crippen LogP contribution in [0.3, 0.4) is 0 Å². The van der Waals surface area contributed by atoms with Gasteiger partial charge in [0.2, 0.25) is 6.41 Å². The number of carbonyl (C=O) groups is 2. The van der Waals surface area contributed by atoms with E-state index in [1.165, 1.54) is 12.5 Å². The van der Waals surface area contributed by atoms with E-state index in [1.54, 1.807) is 6.07 Å². The fraction of sp³-hybridized carbons (Fsp3) is 0.605. The van der Waals surface area contributed by atoms with Crippen molar-refractivity contribution in [2.75, 3.05) is 33.1 Å². The van der Waals surface area contributed by atoms with Gasteiger partial charge in [0, 0.05) is 48.8 Å². The van der Waals surface area contributed by atoms with Crippen LogP contribution >= 0.6 is 0 Å². The van der Waals surface area contributed by atoms with Crippen LogP contribution in [0, 0.1) is 40.4 Å². The number of rotatable bonds is 7. The first kappa shape index (κ1) is 38.2. The Labute approximate surface area is 288 Å². The summed E-state index contributed by atoms with van der Waals surface area (Å²) in [5.74, 6) is 0.707. The third-order valence-electron chi connectivity index (χ3n) is 11.7. The second kappa shape index (κ2) is 13.9. The van der Waals surface area contributed by atoms with Crippen LogP contribution in [0.15, 0.2) is 40.2 Å². The molecule has 1 saturated carbocycles. The predicted molar refractivity (Wildman–Crippen MR) is 186 cm³/mol. The van der Waals surface area contributed by atoms with Crippen LogP contribution in [-0.2, 0) is 17.8 Å². The lowest BCUT2D eigenvalue weighted by Crippen LogP contribution is -2.50.